The van der Waals surface area contributed by atoms with Crippen LogP contribution < -0.4 is 10.6 Å². The van der Waals surface area contributed by atoms with E-state index in [1.54, 1.807) is 0 Å². The standard InChI is InChI=1S/C22H20N4O10/c1-33-19(29)15-9-35-21(31)13-7-4-8-14(24-13)22(32)36-10-16(20(30)34-2)26-18(28)12-6-3-5-11(23-12)17(27)25-15/h3-8,15-16H,9-10H2,1-2H3,(H,25,27)(H,26,28)/t15-,16-/m0/s1. The van der Waals surface area contributed by atoms with Gasteiger partial charge < -0.3 is 29.6 Å². The molecule has 2 aromatic heterocycles. The summed E-state index contributed by atoms with van der Waals surface area (Å²) in [6.45, 7) is -1.26. The van der Waals surface area contributed by atoms with Crippen molar-refractivity contribution in [2.45, 2.75) is 12.1 Å². The molecule has 2 atom stereocenters. The minimum absolute atomic E-state index is 0.264. The van der Waals surface area contributed by atoms with Crippen LogP contribution in [0.15, 0.2) is 36.4 Å². The van der Waals surface area contributed by atoms with Gasteiger partial charge in [0, 0.05) is 0 Å². The Balaban J connectivity index is 1.99. The molecule has 0 saturated heterocycles. The summed E-state index contributed by atoms with van der Waals surface area (Å²) in [7, 11) is 2.14. The summed E-state index contributed by atoms with van der Waals surface area (Å²) in [5.74, 6) is -5.62. The van der Waals surface area contributed by atoms with Gasteiger partial charge in [-0.05, 0) is 24.3 Å². The van der Waals surface area contributed by atoms with E-state index in [1.165, 1.54) is 36.4 Å². The van der Waals surface area contributed by atoms with Crippen LogP contribution in [-0.4, -0.2) is 85.2 Å². The molecule has 2 aromatic rings. The summed E-state index contributed by atoms with van der Waals surface area (Å²) in [5.41, 5.74) is -1.13. The molecule has 0 fully saturated rings. The van der Waals surface area contributed by atoms with Crippen LogP contribution in [0.25, 0.3) is 0 Å². The van der Waals surface area contributed by atoms with Crippen LogP contribution in [0.2, 0.25) is 0 Å². The highest BCUT2D eigenvalue weighted by Gasteiger charge is 2.28. The normalized spacial score (nSPS) is 18.8. The van der Waals surface area contributed by atoms with Crippen LogP contribution in [0.5, 0.6) is 0 Å². The van der Waals surface area contributed by atoms with Gasteiger partial charge in [-0.15, -0.1) is 0 Å². The Morgan fingerprint density at radius 1 is 0.722 bits per heavy atom. The lowest BCUT2D eigenvalue weighted by molar-refractivity contribution is -0.144. The Morgan fingerprint density at radius 2 is 1.08 bits per heavy atom. The molecular formula is C22H20N4O10. The molecule has 4 bridgehead atoms. The van der Waals surface area contributed by atoms with Crippen LogP contribution in [0.3, 0.4) is 0 Å². The van der Waals surface area contributed by atoms with Crippen molar-refractivity contribution < 1.29 is 47.7 Å². The molecule has 0 radical (unpaired) electrons. The third-order valence-corrected chi connectivity index (χ3v) is 4.73. The van der Waals surface area contributed by atoms with Crippen molar-refractivity contribution in [1.82, 2.24) is 20.6 Å². The number of nitrogens with zero attached hydrogens (tertiary/aromatic N) is 2. The highest BCUT2D eigenvalue weighted by atomic mass is 16.6. The number of carbonyl (C=O) groups is 6. The molecular weight excluding hydrogens is 480 g/mol. The summed E-state index contributed by atoms with van der Waals surface area (Å²) in [4.78, 5) is 82.3. The Kier molecular flexibility index (Phi) is 8.22. The molecule has 188 valence electrons. The smallest absolute Gasteiger partial charge is 0.357 e. The average molecular weight is 500 g/mol. The lowest BCUT2D eigenvalue weighted by atomic mass is 10.2. The molecule has 0 unspecified atom stereocenters. The van der Waals surface area contributed by atoms with Crippen molar-refractivity contribution in [1.29, 1.82) is 0 Å². The number of rotatable bonds is 2. The number of carbonyl (C=O) groups excluding carboxylic acids is 6. The van der Waals surface area contributed by atoms with E-state index in [0.717, 1.165) is 14.2 Å². The van der Waals surface area contributed by atoms with E-state index in [9.17, 15) is 28.8 Å². The third-order valence-electron chi connectivity index (χ3n) is 4.73. The number of hydrogen-bond acceptors (Lipinski definition) is 12. The Morgan fingerprint density at radius 3 is 1.47 bits per heavy atom. The quantitative estimate of drug-likeness (QED) is 0.380. The molecule has 0 aromatic carbocycles. The number of ether oxygens (including phenoxy) is 4. The zero-order chi connectivity index (χ0) is 26.2. The number of hydrogen-bond donors (Lipinski definition) is 2. The fourth-order valence-corrected chi connectivity index (χ4v) is 2.90. The maximum absolute atomic E-state index is 12.7. The first-order chi connectivity index (χ1) is 17.2. The summed E-state index contributed by atoms with van der Waals surface area (Å²) in [6, 6.07) is 4.83. The Labute approximate surface area is 203 Å². The van der Waals surface area contributed by atoms with Crippen molar-refractivity contribution in [3.63, 3.8) is 0 Å². The molecule has 0 spiro atoms. The predicted octanol–water partition coefficient (Wildman–Crippen LogP) is -0.953. The lowest BCUT2D eigenvalue weighted by Gasteiger charge is -2.18. The van der Waals surface area contributed by atoms with Crippen LogP contribution in [0, 0.1) is 0 Å². The first-order valence-corrected chi connectivity index (χ1v) is 10.3. The van der Waals surface area contributed by atoms with Gasteiger partial charge in [-0.2, -0.15) is 0 Å². The largest absolute Gasteiger partial charge is 0.467 e. The first-order valence-electron chi connectivity index (χ1n) is 10.3. The van der Waals surface area contributed by atoms with Gasteiger partial charge in [0.2, 0.25) is 0 Å². The van der Waals surface area contributed by atoms with Crippen LogP contribution >= 0.6 is 0 Å². The number of amides is 2. The van der Waals surface area contributed by atoms with E-state index in [2.05, 4.69) is 30.1 Å². The van der Waals surface area contributed by atoms with E-state index >= 15 is 0 Å². The first kappa shape index (κ1) is 25.7. The van der Waals surface area contributed by atoms with Gasteiger partial charge in [-0.3, -0.25) is 9.59 Å². The van der Waals surface area contributed by atoms with E-state index in [1.807, 2.05) is 0 Å². The molecule has 3 rings (SSSR count). The van der Waals surface area contributed by atoms with E-state index in [0.29, 0.717) is 0 Å². The van der Waals surface area contributed by atoms with Crippen molar-refractivity contribution in [3.8, 4) is 0 Å². The zero-order valence-electron chi connectivity index (χ0n) is 19.0. The minimum atomic E-state index is -1.43. The van der Waals surface area contributed by atoms with E-state index < -0.39 is 61.0 Å². The molecule has 1 aliphatic rings. The second-order valence-electron chi connectivity index (χ2n) is 7.11. The lowest BCUT2D eigenvalue weighted by Crippen LogP contribution is -2.46. The fourth-order valence-electron chi connectivity index (χ4n) is 2.90. The molecule has 0 saturated carbocycles. The minimum Gasteiger partial charge on any atom is -0.467 e. The molecule has 3 heterocycles. The van der Waals surface area contributed by atoms with Crippen molar-refractivity contribution >= 4 is 35.7 Å². The monoisotopic (exact) mass is 500 g/mol. The Bertz CT molecular complexity index is 1130. The predicted molar refractivity (Wildman–Crippen MR) is 116 cm³/mol. The molecule has 2 amide bonds. The number of methoxy groups -OCH3 is 2. The van der Waals surface area contributed by atoms with Gasteiger partial charge in [-0.25, -0.2) is 29.1 Å². The highest BCUT2D eigenvalue weighted by Crippen LogP contribution is 2.07. The number of aromatic nitrogens is 2. The zero-order valence-corrected chi connectivity index (χ0v) is 19.0. The van der Waals surface area contributed by atoms with Crippen LogP contribution in [0.1, 0.15) is 42.0 Å². The van der Waals surface area contributed by atoms with E-state index in [-0.39, 0.29) is 22.8 Å². The number of fused-ring (bicyclic) bond motifs is 4. The molecule has 14 nitrogen and oxygen atoms in total. The number of nitrogens with one attached hydrogen (secondary N) is 2. The van der Waals surface area contributed by atoms with Gasteiger partial charge in [0.15, 0.2) is 12.1 Å². The second kappa shape index (κ2) is 11.5. The van der Waals surface area contributed by atoms with Crippen LogP contribution in [-0.2, 0) is 28.5 Å². The van der Waals surface area contributed by atoms with Gasteiger partial charge in [-0.1, -0.05) is 12.1 Å². The second-order valence-corrected chi connectivity index (χ2v) is 7.11. The van der Waals surface area contributed by atoms with Gasteiger partial charge in [0.05, 0.1) is 14.2 Å². The van der Waals surface area contributed by atoms with E-state index in [4.69, 9.17) is 9.47 Å². The third kappa shape index (κ3) is 6.16. The molecule has 0 aliphatic carbocycles. The topological polar surface area (TPSA) is 189 Å². The molecule has 2 N–H and O–H groups in total. The summed E-state index contributed by atoms with van der Waals surface area (Å²) >= 11 is 0. The number of esters is 4. The van der Waals surface area contributed by atoms with Crippen molar-refractivity contribution in [2.75, 3.05) is 27.4 Å². The SMILES string of the molecule is COC(=O)[C@@H]1COC(=O)c2cccc(n2)C(=O)OC[C@@H](C(=O)OC)NC(=O)c2cccc(n2)C(=O)N1. The van der Waals surface area contributed by atoms with Gasteiger partial charge in [0.1, 0.15) is 36.0 Å². The number of pyridine rings is 2. The maximum atomic E-state index is 12.7. The fraction of sp³-hybridized carbons (Fsp3) is 0.273. The summed E-state index contributed by atoms with van der Waals surface area (Å²) in [5, 5.41) is 4.62. The van der Waals surface area contributed by atoms with Gasteiger partial charge >= 0.3 is 23.9 Å². The highest BCUT2D eigenvalue weighted by molar-refractivity contribution is 5.99. The van der Waals surface area contributed by atoms with Gasteiger partial charge in [0.25, 0.3) is 11.8 Å². The summed E-state index contributed by atoms with van der Waals surface area (Å²) in [6.07, 6.45) is 0. The average Bonchev–Trinajstić information content (AvgIpc) is 2.91. The summed E-state index contributed by atoms with van der Waals surface area (Å²) < 4.78 is 19.4. The Hall–Kier alpha value is -4.88. The van der Waals surface area contributed by atoms with Crippen molar-refractivity contribution in [3.05, 3.63) is 59.2 Å². The molecule has 36 heavy (non-hydrogen) atoms. The number of cyclic esters (lactones) is 2. The maximum Gasteiger partial charge on any atom is 0.357 e. The van der Waals surface area contributed by atoms with Crippen molar-refractivity contribution in [2.24, 2.45) is 0 Å². The molecule has 14 heteroatoms. The van der Waals surface area contributed by atoms with Crippen LogP contribution in [0.4, 0.5) is 0 Å². The molecule has 1 aliphatic heterocycles.